The lowest BCUT2D eigenvalue weighted by Crippen LogP contribution is -2.28. The molecule has 1 aromatic rings. The zero-order valence-corrected chi connectivity index (χ0v) is 12.2. The average molecular weight is 261 g/mol. The Kier molecular flexibility index (Phi) is 3.83. The fourth-order valence-electron chi connectivity index (χ4n) is 2.99. The predicted octanol–water partition coefficient (Wildman–Crippen LogP) is 3.28. The second-order valence-electron chi connectivity index (χ2n) is 5.94. The molecular weight excluding hydrogens is 238 g/mol. The van der Waals surface area contributed by atoms with Gasteiger partial charge in [0.1, 0.15) is 0 Å². The second kappa shape index (κ2) is 5.24. The van der Waals surface area contributed by atoms with Crippen LogP contribution in [0.25, 0.3) is 0 Å². The van der Waals surface area contributed by atoms with Crippen LogP contribution < -0.4 is 4.90 Å². The number of anilines is 1. The first-order valence-electron chi connectivity index (χ1n) is 7.03. The van der Waals surface area contributed by atoms with E-state index in [4.69, 9.17) is 5.11 Å². The van der Waals surface area contributed by atoms with E-state index in [0.717, 1.165) is 6.54 Å². The van der Waals surface area contributed by atoms with Crippen molar-refractivity contribution in [2.24, 2.45) is 5.92 Å². The highest BCUT2D eigenvalue weighted by Crippen LogP contribution is 2.40. The smallest absolute Gasteiger partial charge is 0.306 e. The van der Waals surface area contributed by atoms with E-state index in [9.17, 15) is 4.79 Å². The van der Waals surface area contributed by atoms with E-state index in [0.29, 0.717) is 18.4 Å². The molecule has 1 aromatic carbocycles. The fourth-order valence-corrected chi connectivity index (χ4v) is 2.99. The van der Waals surface area contributed by atoms with Crippen LogP contribution in [-0.2, 0) is 11.2 Å². The first kappa shape index (κ1) is 13.9. The maximum atomic E-state index is 11.0. The summed E-state index contributed by atoms with van der Waals surface area (Å²) in [6, 6.07) is 6.78. The molecule has 0 spiro atoms. The van der Waals surface area contributed by atoms with Gasteiger partial charge >= 0.3 is 5.97 Å². The van der Waals surface area contributed by atoms with Gasteiger partial charge in [0.25, 0.3) is 0 Å². The lowest BCUT2D eigenvalue weighted by molar-refractivity contribution is -0.141. The normalized spacial score (nSPS) is 19.6. The Balaban J connectivity index is 2.36. The van der Waals surface area contributed by atoms with Gasteiger partial charge in [-0.15, -0.1) is 0 Å². The first-order chi connectivity index (χ1) is 8.91. The standard InChI is InChI=1S/C16H23NO2/c1-10(2)17-9-12(4)15-13(6-5-7-14(15)17)8-11(3)16(18)19/h5-7,10-12H,8-9H2,1-4H3,(H,18,19). The van der Waals surface area contributed by atoms with Crippen LogP contribution in [0.1, 0.15) is 44.7 Å². The third-order valence-electron chi connectivity index (χ3n) is 4.02. The van der Waals surface area contributed by atoms with Crippen LogP contribution in [0.3, 0.4) is 0 Å². The van der Waals surface area contributed by atoms with E-state index < -0.39 is 5.97 Å². The Labute approximate surface area is 115 Å². The summed E-state index contributed by atoms with van der Waals surface area (Å²) >= 11 is 0. The highest BCUT2D eigenvalue weighted by atomic mass is 16.4. The van der Waals surface area contributed by atoms with Gasteiger partial charge in [0, 0.05) is 24.2 Å². The summed E-state index contributed by atoms with van der Waals surface area (Å²) in [5.74, 6) is -0.564. The lowest BCUT2D eigenvalue weighted by Gasteiger charge is -2.24. The predicted molar refractivity (Wildman–Crippen MR) is 77.8 cm³/mol. The van der Waals surface area contributed by atoms with Crippen LogP contribution in [0.4, 0.5) is 5.69 Å². The largest absolute Gasteiger partial charge is 0.481 e. The summed E-state index contributed by atoms with van der Waals surface area (Å²) in [5.41, 5.74) is 3.84. The molecule has 2 unspecified atom stereocenters. The molecule has 1 aliphatic rings. The minimum absolute atomic E-state index is 0.327. The summed E-state index contributed by atoms with van der Waals surface area (Å²) in [6.45, 7) is 9.45. The van der Waals surface area contributed by atoms with Crippen molar-refractivity contribution >= 4 is 11.7 Å². The van der Waals surface area contributed by atoms with Crippen molar-refractivity contribution < 1.29 is 9.90 Å². The number of fused-ring (bicyclic) bond motifs is 1. The molecule has 0 saturated heterocycles. The average Bonchev–Trinajstić information content (AvgIpc) is 2.68. The van der Waals surface area contributed by atoms with Crippen LogP contribution >= 0.6 is 0 Å². The van der Waals surface area contributed by atoms with Gasteiger partial charge in [-0.3, -0.25) is 4.79 Å². The Bertz CT molecular complexity index is 482. The molecule has 0 fully saturated rings. The molecule has 0 aromatic heterocycles. The van der Waals surface area contributed by atoms with Gasteiger partial charge in [-0.25, -0.2) is 0 Å². The Morgan fingerprint density at radius 1 is 1.42 bits per heavy atom. The van der Waals surface area contributed by atoms with Crippen LogP contribution in [0.15, 0.2) is 18.2 Å². The van der Waals surface area contributed by atoms with Gasteiger partial charge < -0.3 is 10.0 Å². The molecule has 1 N–H and O–H groups in total. The van der Waals surface area contributed by atoms with E-state index >= 15 is 0 Å². The van der Waals surface area contributed by atoms with Crippen molar-refractivity contribution in [3.63, 3.8) is 0 Å². The monoisotopic (exact) mass is 261 g/mol. The molecule has 3 heteroatoms. The van der Waals surface area contributed by atoms with E-state index in [1.165, 1.54) is 16.8 Å². The second-order valence-corrected chi connectivity index (χ2v) is 5.94. The van der Waals surface area contributed by atoms with Crippen molar-refractivity contribution in [3.05, 3.63) is 29.3 Å². The van der Waals surface area contributed by atoms with E-state index in [-0.39, 0.29) is 5.92 Å². The third kappa shape index (κ3) is 2.60. The van der Waals surface area contributed by atoms with Crippen LogP contribution in [-0.4, -0.2) is 23.7 Å². The number of carboxylic acid groups (broad SMARTS) is 1. The number of carboxylic acids is 1. The van der Waals surface area contributed by atoms with E-state index in [2.05, 4.69) is 43.9 Å². The number of hydrogen-bond acceptors (Lipinski definition) is 2. The van der Waals surface area contributed by atoms with Crippen molar-refractivity contribution in [1.29, 1.82) is 0 Å². The minimum Gasteiger partial charge on any atom is -0.481 e. The zero-order chi connectivity index (χ0) is 14.2. The van der Waals surface area contributed by atoms with Gasteiger partial charge in [0.2, 0.25) is 0 Å². The summed E-state index contributed by atoms with van der Waals surface area (Å²) in [7, 11) is 0. The molecule has 0 saturated carbocycles. The molecule has 0 aliphatic carbocycles. The topological polar surface area (TPSA) is 40.5 Å². The Morgan fingerprint density at radius 2 is 2.11 bits per heavy atom. The molecule has 19 heavy (non-hydrogen) atoms. The zero-order valence-electron chi connectivity index (χ0n) is 12.2. The summed E-state index contributed by atoms with van der Waals surface area (Å²) in [6.07, 6.45) is 0.620. The van der Waals surface area contributed by atoms with Crippen LogP contribution in [0.5, 0.6) is 0 Å². The van der Waals surface area contributed by atoms with E-state index in [1.807, 2.05) is 0 Å². The molecule has 104 valence electrons. The summed E-state index contributed by atoms with van der Waals surface area (Å²) in [4.78, 5) is 13.5. The Morgan fingerprint density at radius 3 is 2.68 bits per heavy atom. The van der Waals surface area contributed by atoms with Gasteiger partial charge in [-0.1, -0.05) is 26.0 Å². The number of carbonyl (C=O) groups is 1. The molecule has 3 nitrogen and oxygen atoms in total. The van der Waals surface area contributed by atoms with Gasteiger partial charge in [-0.2, -0.15) is 0 Å². The maximum absolute atomic E-state index is 11.0. The summed E-state index contributed by atoms with van der Waals surface area (Å²) < 4.78 is 0. The van der Waals surface area contributed by atoms with Crippen molar-refractivity contribution in [3.8, 4) is 0 Å². The van der Waals surface area contributed by atoms with E-state index in [1.54, 1.807) is 6.92 Å². The number of rotatable bonds is 4. The first-order valence-corrected chi connectivity index (χ1v) is 7.03. The molecular formula is C16H23NO2. The van der Waals surface area contributed by atoms with Gasteiger partial charge in [-0.05, 0) is 37.5 Å². The van der Waals surface area contributed by atoms with Crippen LogP contribution in [0.2, 0.25) is 0 Å². The Hall–Kier alpha value is -1.51. The van der Waals surface area contributed by atoms with Gasteiger partial charge in [0.15, 0.2) is 0 Å². The molecule has 2 rings (SSSR count). The molecule has 0 amide bonds. The third-order valence-corrected chi connectivity index (χ3v) is 4.02. The summed E-state index contributed by atoms with van der Waals surface area (Å²) in [5, 5.41) is 9.09. The minimum atomic E-state index is -0.719. The number of nitrogens with zero attached hydrogens (tertiary/aromatic N) is 1. The number of aliphatic carboxylic acids is 1. The fraction of sp³-hybridized carbons (Fsp3) is 0.562. The highest BCUT2D eigenvalue weighted by molar-refractivity contribution is 5.71. The molecule has 1 heterocycles. The quantitative estimate of drug-likeness (QED) is 0.904. The van der Waals surface area contributed by atoms with Crippen molar-refractivity contribution in [2.45, 2.75) is 46.1 Å². The van der Waals surface area contributed by atoms with Crippen LogP contribution in [0, 0.1) is 5.92 Å². The molecule has 1 aliphatic heterocycles. The van der Waals surface area contributed by atoms with Crippen molar-refractivity contribution in [1.82, 2.24) is 0 Å². The number of hydrogen-bond donors (Lipinski definition) is 1. The molecule has 2 atom stereocenters. The molecule has 0 bridgehead atoms. The van der Waals surface area contributed by atoms with Crippen molar-refractivity contribution in [2.75, 3.05) is 11.4 Å². The maximum Gasteiger partial charge on any atom is 0.306 e. The lowest BCUT2D eigenvalue weighted by atomic mass is 9.91. The number of benzene rings is 1. The molecule has 0 radical (unpaired) electrons. The highest BCUT2D eigenvalue weighted by Gasteiger charge is 2.29. The SMILES string of the molecule is CC(Cc1cccc2c1C(C)CN2C(C)C)C(=O)O. The van der Waals surface area contributed by atoms with Gasteiger partial charge in [0.05, 0.1) is 5.92 Å².